The van der Waals surface area contributed by atoms with E-state index in [-0.39, 0.29) is 5.91 Å². The van der Waals surface area contributed by atoms with Crippen molar-refractivity contribution in [2.24, 2.45) is 0 Å². The highest BCUT2D eigenvalue weighted by Crippen LogP contribution is 2.26. The molecular weight excluding hydrogens is 368 g/mol. The summed E-state index contributed by atoms with van der Waals surface area (Å²) < 4.78 is 5.71. The summed E-state index contributed by atoms with van der Waals surface area (Å²) >= 11 is 7.30. The molecule has 0 aliphatic carbocycles. The van der Waals surface area contributed by atoms with Crippen LogP contribution in [0.25, 0.3) is 11.3 Å². The Morgan fingerprint density at radius 1 is 1.19 bits per heavy atom. The van der Waals surface area contributed by atoms with Crippen molar-refractivity contribution in [1.29, 1.82) is 0 Å². The van der Waals surface area contributed by atoms with E-state index >= 15 is 0 Å². The first-order valence-electron chi connectivity index (χ1n) is 8.31. The van der Waals surface area contributed by atoms with Crippen LogP contribution in [0, 0.1) is 6.92 Å². The SMILES string of the molecule is Cc1ccccc1OCCCC(=O)Nc1nc(-c2ccc(Cl)cc2)cs1. The van der Waals surface area contributed by atoms with Gasteiger partial charge in [0.15, 0.2) is 5.13 Å². The Morgan fingerprint density at radius 3 is 2.73 bits per heavy atom. The molecule has 0 atom stereocenters. The predicted octanol–water partition coefficient (Wildman–Crippen LogP) is 5.57. The first-order valence-corrected chi connectivity index (χ1v) is 9.57. The summed E-state index contributed by atoms with van der Waals surface area (Å²) in [5, 5.41) is 6.04. The third-order valence-corrected chi connectivity index (χ3v) is 4.80. The Bertz CT molecular complexity index is 878. The van der Waals surface area contributed by atoms with Crippen molar-refractivity contribution < 1.29 is 9.53 Å². The summed E-state index contributed by atoms with van der Waals surface area (Å²) in [5.74, 6) is 0.802. The van der Waals surface area contributed by atoms with Crippen molar-refractivity contribution in [3.63, 3.8) is 0 Å². The lowest BCUT2D eigenvalue weighted by Crippen LogP contribution is -2.12. The number of carbonyl (C=O) groups excluding carboxylic acids is 1. The molecule has 0 spiro atoms. The summed E-state index contributed by atoms with van der Waals surface area (Å²) in [4.78, 5) is 16.5. The summed E-state index contributed by atoms with van der Waals surface area (Å²) in [7, 11) is 0. The van der Waals surface area contributed by atoms with Crippen molar-refractivity contribution in [1.82, 2.24) is 4.98 Å². The van der Waals surface area contributed by atoms with E-state index in [0.29, 0.717) is 29.6 Å². The van der Waals surface area contributed by atoms with Crippen molar-refractivity contribution >= 4 is 34.0 Å². The molecule has 1 amide bonds. The van der Waals surface area contributed by atoms with Gasteiger partial charge in [0.05, 0.1) is 12.3 Å². The molecule has 1 N–H and O–H groups in total. The van der Waals surface area contributed by atoms with Gasteiger partial charge in [-0.3, -0.25) is 4.79 Å². The van der Waals surface area contributed by atoms with Gasteiger partial charge in [0.25, 0.3) is 0 Å². The number of thiazole rings is 1. The number of amides is 1. The van der Waals surface area contributed by atoms with Crippen molar-refractivity contribution in [3.05, 3.63) is 64.5 Å². The van der Waals surface area contributed by atoms with Gasteiger partial charge in [-0.2, -0.15) is 0 Å². The highest BCUT2D eigenvalue weighted by molar-refractivity contribution is 7.14. The van der Waals surface area contributed by atoms with E-state index < -0.39 is 0 Å². The maximum atomic E-state index is 12.1. The zero-order valence-corrected chi connectivity index (χ0v) is 15.9. The van der Waals surface area contributed by atoms with Crippen LogP contribution in [-0.2, 0) is 4.79 Å². The predicted molar refractivity (Wildman–Crippen MR) is 107 cm³/mol. The van der Waals surface area contributed by atoms with Crippen LogP contribution in [0.3, 0.4) is 0 Å². The zero-order valence-electron chi connectivity index (χ0n) is 14.4. The number of hydrogen-bond donors (Lipinski definition) is 1. The van der Waals surface area contributed by atoms with Gasteiger partial charge in [-0.15, -0.1) is 11.3 Å². The number of ether oxygens (including phenoxy) is 1. The second-order valence-electron chi connectivity index (χ2n) is 5.81. The molecule has 6 heteroatoms. The Hall–Kier alpha value is -2.37. The number of benzene rings is 2. The fourth-order valence-corrected chi connectivity index (χ4v) is 3.26. The van der Waals surface area contributed by atoms with Crippen LogP contribution in [0.15, 0.2) is 53.9 Å². The van der Waals surface area contributed by atoms with Crippen LogP contribution in [0.5, 0.6) is 5.75 Å². The fraction of sp³-hybridized carbons (Fsp3) is 0.200. The second kappa shape index (κ2) is 8.83. The van der Waals surface area contributed by atoms with E-state index in [1.807, 2.05) is 60.8 Å². The van der Waals surface area contributed by atoms with Gasteiger partial charge in [-0.25, -0.2) is 4.98 Å². The number of anilines is 1. The molecule has 0 fully saturated rings. The minimum absolute atomic E-state index is 0.0598. The standard InChI is InChI=1S/C20H19ClN2O2S/c1-14-5-2-3-6-18(14)25-12-4-7-19(24)23-20-22-17(13-26-20)15-8-10-16(21)11-9-15/h2-3,5-6,8-11,13H,4,7,12H2,1H3,(H,22,23,24). The van der Waals surface area contributed by atoms with Gasteiger partial charge < -0.3 is 10.1 Å². The van der Waals surface area contributed by atoms with Gasteiger partial charge in [-0.1, -0.05) is 41.9 Å². The topological polar surface area (TPSA) is 51.2 Å². The lowest BCUT2D eigenvalue weighted by molar-refractivity contribution is -0.116. The van der Waals surface area contributed by atoms with E-state index in [4.69, 9.17) is 16.3 Å². The molecule has 2 aromatic carbocycles. The van der Waals surface area contributed by atoms with Crippen LogP contribution in [0.4, 0.5) is 5.13 Å². The van der Waals surface area contributed by atoms with Gasteiger partial charge in [0, 0.05) is 22.4 Å². The molecule has 0 saturated heterocycles. The molecule has 3 rings (SSSR count). The van der Waals surface area contributed by atoms with Crippen LogP contribution >= 0.6 is 22.9 Å². The van der Waals surface area contributed by atoms with Gasteiger partial charge >= 0.3 is 0 Å². The molecule has 1 heterocycles. The first kappa shape index (κ1) is 18.4. The molecule has 3 aromatic rings. The smallest absolute Gasteiger partial charge is 0.226 e. The highest BCUT2D eigenvalue weighted by Gasteiger charge is 2.08. The monoisotopic (exact) mass is 386 g/mol. The van der Waals surface area contributed by atoms with Crippen molar-refractivity contribution in [3.8, 4) is 17.0 Å². The number of para-hydroxylation sites is 1. The summed E-state index contributed by atoms with van der Waals surface area (Å²) in [6.45, 7) is 2.51. The Labute approximate surface area is 161 Å². The normalized spacial score (nSPS) is 10.5. The van der Waals surface area contributed by atoms with Crippen molar-refractivity contribution in [2.75, 3.05) is 11.9 Å². The molecule has 0 saturated carbocycles. The molecule has 134 valence electrons. The minimum Gasteiger partial charge on any atom is -0.493 e. The third kappa shape index (κ3) is 5.07. The molecule has 0 aliphatic rings. The lowest BCUT2D eigenvalue weighted by Gasteiger charge is -2.08. The average molecular weight is 387 g/mol. The molecule has 0 bridgehead atoms. The fourth-order valence-electron chi connectivity index (χ4n) is 2.40. The van der Waals surface area contributed by atoms with E-state index in [2.05, 4.69) is 10.3 Å². The number of nitrogens with zero attached hydrogens (tertiary/aromatic N) is 1. The molecule has 0 aliphatic heterocycles. The van der Waals surface area contributed by atoms with Gasteiger partial charge in [0.2, 0.25) is 5.91 Å². The summed E-state index contributed by atoms with van der Waals surface area (Å²) in [6.07, 6.45) is 1.04. The lowest BCUT2D eigenvalue weighted by atomic mass is 10.2. The summed E-state index contributed by atoms with van der Waals surface area (Å²) in [6, 6.07) is 15.3. The summed E-state index contributed by atoms with van der Waals surface area (Å²) in [5.41, 5.74) is 2.89. The maximum absolute atomic E-state index is 12.1. The van der Waals surface area contributed by atoms with E-state index in [1.54, 1.807) is 0 Å². The molecule has 0 radical (unpaired) electrons. The van der Waals surface area contributed by atoms with Crippen molar-refractivity contribution in [2.45, 2.75) is 19.8 Å². The quantitative estimate of drug-likeness (QED) is 0.540. The number of nitrogens with one attached hydrogen (secondary N) is 1. The molecule has 4 nitrogen and oxygen atoms in total. The van der Waals surface area contributed by atoms with E-state index in [0.717, 1.165) is 22.6 Å². The number of aromatic nitrogens is 1. The van der Waals surface area contributed by atoms with Gasteiger partial charge in [0.1, 0.15) is 5.75 Å². The molecule has 1 aromatic heterocycles. The molecule has 26 heavy (non-hydrogen) atoms. The number of halogens is 1. The van der Waals surface area contributed by atoms with Crippen LogP contribution in [0.2, 0.25) is 5.02 Å². The molecule has 0 unspecified atom stereocenters. The highest BCUT2D eigenvalue weighted by atomic mass is 35.5. The van der Waals surface area contributed by atoms with Gasteiger partial charge in [-0.05, 0) is 37.1 Å². The van der Waals surface area contributed by atoms with Crippen LogP contribution < -0.4 is 10.1 Å². The maximum Gasteiger partial charge on any atom is 0.226 e. The zero-order chi connectivity index (χ0) is 18.4. The largest absolute Gasteiger partial charge is 0.493 e. The Kier molecular flexibility index (Phi) is 6.26. The first-order chi connectivity index (χ1) is 12.6. The number of hydrogen-bond acceptors (Lipinski definition) is 4. The number of aryl methyl sites for hydroxylation is 1. The second-order valence-corrected chi connectivity index (χ2v) is 7.11. The van der Waals surface area contributed by atoms with E-state index in [1.165, 1.54) is 11.3 Å². The number of rotatable bonds is 7. The Balaban J connectivity index is 1.45. The van der Waals surface area contributed by atoms with Crippen LogP contribution in [-0.4, -0.2) is 17.5 Å². The number of carbonyl (C=O) groups is 1. The molecular formula is C20H19ClN2O2S. The third-order valence-electron chi connectivity index (χ3n) is 3.79. The van der Waals surface area contributed by atoms with Crippen LogP contribution in [0.1, 0.15) is 18.4 Å². The average Bonchev–Trinajstić information content (AvgIpc) is 3.09. The minimum atomic E-state index is -0.0598. The Morgan fingerprint density at radius 2 is 1.96 bits per heavy atom. The van der Waals surface area contributed by atoms with E-state index in [9.17, 15) is 4.79 Å².